The van der Waals surface area contributed by atoms with Gasteiger partial charge in [0.1, 0.15) is 23.8 Å². The van der Waals surface area contributed by atoms with Gasteiger partial charge in [0.05, 0.1) is 29.3 Å². The number of H-pyrrole nitrogens is 1. The van der Waals surface area contributed by atoms with Gasteiger partial charge in [-0.05, 0) is 37.5 Å². The fraction of sp³-hybridized carbons (Fsp3) is 0.357. The zero-order chi connectivity index (χ0) is 26.8. The van der Waals surface area contributed by atoms with E-state index in [9.17, 15) is 9.90 Å². The van der Waals surface area contributed by atoms with E-state index in [0.29, 0.717) is 66.2 Å². The summed E-state index contributed by atoms with van der Waals surface area (Å²) in [6.45, 7) is 4.26. The molecule has 1 fully saturated rings. The number of aromatic nitrogens is 4. The standard InChI is InChI=1S/C28H31N7O4/c1-2-35-25-19(26(37)34-35)8-9-23(32-25)31-24-14-21(30-22(16-36)18-6-4-3-5-7-18)20(15-29-24)27-33-28(17-39-27)10-12-38-13-11-28/h3-9,14-15,22,36H,2,10-13,16-17H2,1H3,(H,34,37)(H2,29,30,31,32)/t22-/m1/s1. The second-order valence-electron chi connectivity index (χ2n) is 9.83. The van der Waals surface area contributed by atoms with Gasteiger partial charge in [0.25, 0.3) is 5.56 Å². The van der Waals surface area contributed by atoms with Crippen molar-refractivity contribution in [1.82, 2.24) is 19.7 Å². The van der Waals surface area contributed by atoms with E-state index in [1.807, 2.05) is 43.3 Å². The number of hydrogen-bond acceptors (Lipinski definition) is 9. The van der Waals surface area contributed by atoms with Gasteiger partial charge in [-0.15, -0.1) is 0 Å². The molecule has 4 N–H and O–H groups in total. The lowest BCUT2D eigenvalue weighted by Crippen LogP contribution is -2.35. The molecule has 4 aromatic rings. The maximum atomic E-state index is 12.2. The predicted molar refractivity (Wildman–Crippen MR) is 149 cm³/mol. The highest BCUT2D eigenvalue weighted by atomic mass is 16.5. The maximum Gasteiger partial charge on any atom is 0.273 e. The minimum atomic E-state index is -0.354. The Morgan fingerprint density at radius 1 is 1.15 bits per heavy atom. The smallest absolute Gasteiger partial charge is 0.273 e. The van der Waals surface area contributed by atoms with Gasteiger partial charge in [-0.25, -0.2) is 15.0 Å². The average molecular weight is 530 g/mol. The Balaban J connectivity index is 1.36. The Labute approximate surface area is 224 Å². The number of ether oxygens (including phenoxy) is 2. The fourth-order valence-corrected chi connectivity index (χ4v) is 5.05. The normalized spacial score (nSPS) is 17.1. The molecule has 1 spiro atoms. The third-order valence-corrected chi connectivity index (χ3v) is 7.27. The fourth-order valence-electron chi connectivity index (χ4n) is 5.05. The maximum absolute atomic E-state index is 12.2. The first kappa shape index (κ1) is 25.1. The lowest BCUT2D eigenvalue weighted by atomic mass is 9.92. The molecule has 39 heavy (non-hydrogen) atoms. The number of aromatic amines is 1. The minimum Gasteiger partial charge on any atom is -0.475 e. The van der Waals surface area contributed by atoms with Crippen LogP contribution in [0.1, 0.15) is 36.9 Å². The second-order valence-corrected chi connectivity index (χ2v) is 9.83. The summed E-state index contributed by atoms with van der Waals surface area (Å²) < 4.78 is 13.4. The van der Waals surface area contributed by atoms with Gasteiger partial charge in [-0.1, -0.05) is 30.3 Å². The molecule has 0 aliphatic carbocycles. The van der Waals surface area contributed by atoms with E-state index in [1.165, 1.54) is 0 Å². The van der Waals surface area contributed by atoms with Crippen LogP contribution in [0.25, 0.3) is 11.0 Å². The van der Waals surface area contributed by atoms with Crippen molar-refractivity contribution in [3.05, 3.63) is 76.2 Å². The summed E-state index contributed by atoms with van der Waals surface area (Å²) >= 11 is 0. The monoisotopic (exact) mass is 529 g/mol. The Morgan fingerprint density at radius 3 is 2.74 bits per heavy atom. The molecule has 11 nitrogen and oxygen atoms in total. The van der Waals surface area contributed by atoms with Gasteiger partial charge in [0.15, 0.2) is 5.65 Å². The lowest BCUT2D eigenvalue weighted by Gasteiger charge is -2.28. The van der Waals surface area contributed by atoms with Crippen LogP contribution in [0.15, 0.2) is 64.5 Å². The van der Waals surface area contributed by atoms with Crippen LogP contribution in [-0.4, -0.2) is 62.7 Å². The van der Waals surface area contributed by atoms with Crippen LogP contribution in [0.5, 0.6) is 0 Å². The van der Waals surface area contributed by atoms with Gasteiger partial charge in [-0.3, -0.25) is 14.6 Å². The van der Waals surface area contributed by atoms with Crippen molar-refractivity contribution in [3.63, 3.8) is 0 Å². The van der Waals surface area contributed by atoms with Crippen molar-refractivity contribution >= 4 is 34.3 Å². The number of pyridine rings is 2. The van der Waals surface area contributed by atoms with Crippen LogP contribution in [0.2, 0.25) is 0 Å². The third-order valence-electron chi connectivity index (χ3n) is 7.27. The molecule has 0 amide bonds. The predicted octanol–water partition coefficient (Wildman–Crippen LogP) is 3.35. The SMILES string of the molecule is CCn1[nH]c(=O)c2ccc(Nc3cc(N[C@H](CO)c4ccccc4)c(C4=NC5(CCOCC5)CO4)cn3)nc21. The molecule has 3 aromatic heterocycles. The molecule has 6 rings (SSSR count). The zero-order valence-corrected chi connectivity index (χ0v) is 21.7. The Bertz CT molecular complexity index is 1560. The lowest BCUT2D eigenvalue weighted by molar-refractivity contribution is 0.0442. The molecule has 1 atom stereocenters. The summed E-state index contributed by atoms with van der Waals surface area (Å²) in [4.78, 5) is 26.4. The molecule has 1 aromatic carbocycles. The Kier molecular flexibility index (Phi) is 6.76. The molecule has 0 radical (unpaired) electrons. The van der Waals surface area contributed by atoms with Crippen molar-refractivity contribution in [1.29, 1.82) is 0 Å². The summed E-state index contributed by atoms with van der Waals surface area (Å²) in [5.74, 6) is 1.62. The van der Waals surface area contributed by atoms with E-state index in [1.54, 1.807) is 23.0 Å². The average Bonchev–Trinajstić information content (AvgIpc) is 3.52. The summed E-state index contributed by atoms with van der Waals surface area (Å²) in [5, 5.41) is 20.3. The largest absolute Gasteiger partial charge is 0.475 e. The number of rotatable bonds is 8. The Hall–Kier alpha value is -4.22. The molecule has 1 saturated heterocycles. The van der Waals surface area contributed by atoms with Gasteiger partial charge in [0.2, 0.25) is 5.90 Å². The number of aliphatic imine (C=N–C) groups is 1. The molecule has 0 bridgehead atoms. The first-order valence-electron chi connectivity index (χ1n) is 13.2. The number of fused-ring (bicyclic) bond motifs is 1. The number of aryl methyl sites for hydroxylation is 1. The summed E-state index contributed by atoms with van der Waals surface area (Å²) in [6.07, 6.45) is 3.34. The van der Waals surface area contributed by atoms with Gasteiger partial charge in [-0.2, -0.15) is 0 Å². The van der Waals surface area contributed by atoms with E-state index < -0.39 is 0 Å². The van der Waals surface area contributed by atoms with Crippen molar-refractivity contribution < 1.29 is 14.6 Å². The quantitative estimate of drug-likeness (QED) is 0.273. The number of aliphatic hydroxyl groups excluding tert-OH is 1. The molecule has 0 unspecified atom stereocenters. The number of aliphatic hydroxyl groups is 1. The molecule has 2 aliphatic heterocycles. The molecular weight excluding hydrogens is 498 g/mol. The third kappa shape index (κ3) is 4.98. The molecule has 202 valence electrons. The highest BCUT2D eigenvalue weighted by Gasteiger charge is 2.39. The first-order valence-corrected chi connectivity index (χ1v) is 13.2. The number of anilines is 3. The Morgan fingerprint density at radius 2 is 1.97 bits per heavy atom. The van der Waals surface area contributed by atoms with Crippen LogP contribution in [0, 0.1) is 0 Å². The molecule has 2 aliphatic rings. The number of nitrogens with one attached hydrogen (secondary N) is 3. The topological polar surface area (TPSA) is 139 Å². The summed E-state index contributed by atoms with van der Waals surface area (Å²) in [6, 6.07) is 14.8. The van der Waals surface area contributed by atoms with Crippen molar-refractivity contribution in [2.24, 2.45) is 4.99 Å². The highest BCUT2D eigenvalue weighted by molar-refractivity contribution is 6.01. The summed E-state index contributed by atoms with van der Waals surface area (Å²) in [7, 11) is 0. The summed E-state index contributed by atoms with van der Waals surface area (Å²) in [5.41, 5.74) is 2.50. The van der Waals surface area contributed by atoms with Crippen LogP contribution >= 0.6 is 0 Å². The zero-order valence-electron chi connectivity index (χ0n) is 21.7. The van der Waals surface area contributed by atoms with Crippen molar-refractivity contribution in [2.45, 2.75) is 37.9 Å². The molecular formula is C28H31N7O4. The van der Waals surface area contributed by atoms with E-state index >= 15 is 0 Å². The molecule has 11 heteroatoms. The number of nitrogens with zero attached hydrogens (tertiary/aromatic N) is 4. The highest BCUT2D eigenvalue weighted by Crippen LogP contribution is 2.34. The van der Waals surface area contributed by atoms with E-state index in [-0.39, 0.29) is 23.7 Å². The van der Waals surface area contributed by atoms with Gasteiger partial charge < -0.3 is 25.2 Å². The van der Waals surface area contributed by atoms with Gasteiger partial charge in [0, 0.05) is 32.0 Å². The van der Waals surface area contributed by atoms with Crippen molar-refractivity contribution in [2.75, 3.05) is 37.1 Å². The van der Waals surface area contributed by atoms with E-state index in [0.717, 1.165) is 18.4 Å². The second kappa shape index (κ2) is 10.5. The van der Waals surface area contributed by atoms with Crippen LogP contribution < -0.4 is 16.2 Å². The molecule has 0 saturated carbocycles. The van der Waals surface area contributed by atoms with E-state index in [4.69, 9.17) is 14.5 Å². The van der Waals surface area contributed by atoms with Crippen LogP contribution in [0.4, 0.5) is 17.3 Å². The minimum absolute atomic E-state index is 0.108. The number of benzene rings is 1. The van der Waals surface area contributed by atoms with Gasteiger partial charge >= 0.3 is 0 Å². The number of hydrogen-bond donors (Lipinski definition) is 4. The van der Waals surface area contributed by atoms with Crippen molar-refractivity contribution in [3.8, 4) is 0 Å². The first-order chi connectivity index (χ1) is 19.1. The van der Waals surface area contributed by atoms with E-state index in [2.05, 4.69) is 25.7 Å². The van der Waals surface area contributed by atoms with Crippen LogP contribution in [0.3, 0.4) is 0 Å². The molecule has 5 heterocycles. The van der Waals surface area contributed by atoms with Crippen LogP contribution in [-0.2, 0) is 16.0 Å².